The standard InChI is InChI=1S/C9H11NOS.C9H9NOS.C8H9NO2S.C8H11NOS2.C8H11NOS.C7H8O2S2.C7H8OS3.C6H8O3S2.C6H8S.C5H8N2.C5H6N2/c2*1-3-5-11-10-7-9-4-6-12-8(9)2;1-6-7(3-4-12-6)5-9-8(10)11-2;1-6-7(4-5-12-6)10-8(11)9(2)3;1-6-7(4-5-11-6)8(10)9(2)3;1-5-6(3-4-11-5)9-7(8)10-2;1-5-6(3-4-11-5)8-7(9)10-2;1-5-6(3-4-10-5)9-11(2,7)8;1-5-3-4-7-6(5)2;1-4-5(2)7-3-6-4;1-5-6-3-2-4-7-5/h3-4,6-7H,1,5H2,2H3;1,4,6-7H,5H2,2H3;3-5H,1-2H3;4-5H,1-3H3;4-5H,1-3H3;3*3-4H,1-2H3;3-4H,1-2H3;3H,1-2H3,(H,6,7);2-4H,1H3/b10-7+;10-7-;;;;;;;;;. The Balaban J connectivity index is 0.000000624. The molecular weight excluding hydrogens is 1700 g/mol. The lowest BCUT2D eigenvalue weighted by molar-refractivity contribution is 0.0827. The predicted octanol–water partition coefficient (Wildman–Crippen LogP) is 22.5. The van der Waals surface area contributed by atoms with E-state index in [0.29, 0.717) is 27.7 Å². The number of thiophene rings is 9. The number of nitrogens with one attached hydrogen (secondary N) is 1. The molecule has 0 atom stereocenters. The molecule has 0 saturated carbocycles. The molecule has 11 aromatic heterocycles. The highest BCUT2D eigenvalue weighted by Crippen LogP contribution is 2.28. The smallest absolute Gasteiger partial charge is 0.433 e. The molecule has 0 aliphatic heterocycles. The molecule has 35 heteroatoms. The van der Waals surface area contributed by atoms with E-state index < -0.39 is 16.2 Å². The summed E-state index contributed by atoms with van der Waals surface area (Å²) in [6, 6.07) is 19.0. The highest BCUT2D eigenvalue weighted by atomic mass is 32.2. The van der Waals surface area contributed by atoms with E-state index in [1.54, 1.807) is 182 Å². The van der Waals surface area contributed by atoms with Gasteiger partial charge in [-0.25, -0.2) is 24.5 Å². The number of oxime groups is 2. The van der Waals surface area contributed by atoms with Gasteiger partial charge >= 0.3 is 21.5 Å². The topological polar surface area (TPSA) is 248 Å². The summed E-state index contributed by atoms with van der Waals surface area (Å²) in [6.07, 6.45) is 20.8. The Kier molecular flexibility index (Phi) is 54.3. The SMILES string of the molecule is C#CCO/N=C\c1ccsc1C.C=CCO/N=C/c1ccsc1C.COC(=O)N=Cc1ccsc1C.CSC(=O)Oc1ccsc1C.CSC(=S)Oc1ccsc1C.Cc1ccsc1C.Cc1nc[nH]c1C.Cc1ncccn1.Cc1sccc1C(=O)N(C)C.Cc1sccc1OC(=S)N(C)C.Cc1sccc1OS(C)(=O)=O. The minimum absolute atomic E-state index is 0.0868. The fourth-order valence-electron chi connectivity index (χ4n) is 6.73. The number of thiocarbonyl (C=S) groups is 2. The summed E-state index contributed by atoms with van der Waals surface area (Å²) in [5, 5.41) is 25.4. The van der Waals surface area contributed by atoms with Crippen LogP contribution in [0.15, 0.2) is 156 Å². The number of aliphatic imine (C=N–C) groups is 1. The van der Waals surface area contributed by atoms with E-state index in [4.69, 9.17) is 54.7 Å². The molecule has 11 rings (SSSR count). The Bertz CT molecular complexity index is 4650. The molecule has 0 fully saturated rings. The first-order valence-electron chi connectivity index (χ1n) is 33.2. The van der Waals surface area contributed by atoms with Crippen LogP contribution < -0.4 is 18.4 Å². The van der Waals surface area contributed by atoms with Crippen molar-refractivity contribution in [3.05, 3.63) is 229 Å². The van der Waals surface area contributed by atoms with Crippen molar-refractivity contribution in [1.29, 1.82) is 0 Å². The average molecular weight is 1800 g/mol. The van der Waals surface area contributed by atoms with Gasteiger partial charge in [-0.05, 0) is 253 Å². The summed E-state index contributed by atoms with van der Waals surface area (Å²) in [6.45, 7) is 30.1. The molecule has 0 aliphatic carbocycles. The van der Waals surface area contributed by atoms with Crippen molar-refractivity contribution < 1.29 is 55.6 Å². The number of terminal acetylenes is 1. The second kappa shape index (κ2) is 59.6. The lowest BCUT2D eigenvalue weighted by Crippen LogP contribution is -2.24. The van der Waals surface area contributed by atoms with Gasteiger partial charge in [-0.1, -0.05) is 40.6 Å². The number of hydrogen-bond acceptors (Lipinski definition) is 30. The van der Waals surface area contributed by atoms with E-state index >= 15 is 0 Å². The van der Waals surface area contributed by atoms with Gasteiger partial charge in [0, 0.05) is 113 Å². The summed E-state index contributed by atoms with van der Waals surface area (Å²) in [5.74, 6) is 6.08. The third-order valence-corrected chi connectivity index (χ3v) is 23.2. The lowest BCUT2D eigenvalue weighted by Gasteiger charge is -2.13. The molecule has 21 nitrogen and oxygen atoms in total. The maximum atomic E-state index is 11.4. The normalized spacial score (nSPS) is 9.95. The number of rotatable bonds is 14. The minimum atomic E-state index is -3.36. The number of carbonyl (C=O) groups excluding carboxylic acids is 3. The van der Waals surface area contributed by atoms with Gasteiger partial charge in [0.2, 0.25) is 4.38 Å². The highest BCUT2D eigenvalue weighted by Gasteiger charge is 2.12. The van der Waals surface area contributed by atoms with Crippen LogP contribution in [-0.2, 0) is 24.5 Å². The third-order valence-electron chi connectivity index (χ3n) is 13.2. The van der Waals surface area contributed by atoms with Crippen LogP contribution >= 0.6 is 150 Å². The number of ether oxygens (including phenoxy) is 4. The Morgan fingerprint density at radius 3 is 1.32 bits per heavy atom. The van der Waals surface area contributed by atoms with E-state index in [9.17, 15) is 22.8 Å². The van der Waals surface area contributed by atoms with E-state index in [1.807, 2.05) is 164 Å². The van der Waals surface area contributed by atoms with Crippen LogP contribution in [0.4, 0.5) is 9.59 Å². The quantitative estimate of drug-likeness (QED) is 0.0155. The molecule has 0 bridgehead atoms. The zero-order valence-electron chi connectivity index (χ0n) is 66.9. The molecule has 0 spiro atoms. The molecule has 1 N–H and O–H groups in total. The number of aryl methyl sites for hydroxylation is 13. The van der Waals surface area contributed by atoms with Crippen LogP contribution in [-0.4, -0.2) is 151 Å². The maximum Gasteiger partial charge on any atom is 0.433 e. The third kappa shape index (κ3) is 46.8. The number of H-pyrrole nitrogens is 1. The van der Waals surface area contributed by atoms with Crippen molar-refractivity contribution in [3.8, 4) is 35.3 Å². The zero-order valence-corrected chi connectivity index (χ0v) is 78.3. The molecule has 0 saturated heterocycles. The maximum absolute atomic E-state index is 11.4. The van der Waals surface area contributed by atoms with Gasteiger partial charge in [-0.3, -0.25) is 4.79 Å². The molecule has 113 heavy (non-hydrogen) atoms. The number of nitrogens with zero attached hydrogens (tertiary/aromatic N) is 8. The van der Waals surface area contributed by atoms with Crippen molar-refractivity contribution in [2.75, 3.05) is 67.3 Å². The number of carbonyl (C=O) groups is 3. The number of amides is 2. The van der Waals surface area contributed by atoms with Crippen molar-refractivity contribution >= 4 is 206 Å². The number of imidazole rings is 1. The number of thioether (sulfide) groups is 2. The molecule has 610 valence electrons. The number of methoxy groups -OCH3 is 1. The van der Waals surface area contributed by atoms with Gasteiger partial charge in [0.25, 0.3) is 11.1 Å². The summed E-state index contributed by atoms with van der Waals surface area (Å²) in [5.41, 5.74) is 7.62. The molecule has 11 heterocycles. The van der Waals surface area contributed by atoms with Crippen molar-refractivity contribution in [2.45, 2.75) is 90.0 Å². The van der Waals surface area contributed by atoms with Crippen LogP contribution in [0.3, 0.4) is 0 Å². The lowest BCUT2D eigenvalue weighted by atomic mass is 10.2. The van der Waals surface area contributed by atoms with Gasteiger partial charge in [-0.2, -0.15) is 13.4 Å². The van der Waals surface area contributed by atoms with Gasteiger partial charge in [0.15, 0.2) is 12.4 Å². The highest BCUT2D eigenvalue weighted by molar-refractivity contribution is 8.22. The Labute approximate surface area is 721 Å². The van der Waals surface area contributed by atoms with Crippen LogP contribution in [0.1, 0.15) is 93.7 Å². The first-order chi connectivity index (χ1) is 53.6. The molecular formula is C78H97N9O12S14. The molecule has 0 aromatic carbocycles. The van der Waals surface area contributed by atoms with Crippen molar-refractivity contribution in [2.24, 2.45) is 15.3 Å². The predicted molar refractivity (Wildman–Crippen MR) is 494 cm³/mol. The van der Waals surface area contributed by atoms with Crippen LogP contribution in [0, 0.1) is 102 Å². The molecule has 0 aliphatic rings. The van der Waals surface area contributed by atoms with Crippen LogP contribution in [0.5, 0.6) is 23.0 Å². The van der Waals surface area contributed by atoms with Crippen LogP contribution in [0.2, 0.25) is 0 Å². The molecule has 2 amide bonds. The van der Waals surface area contributed by atoms with Gasteiger partial charge in [0.05, 0.1) is 43.4 Å². The monoisotopic (exact) mass is 1800 g/mol. The summed E-state index contributed by atoms with van der Waals surface area (Å²) in [7, 11) is 5.20. The Morgan fingerprint density at radius 2 is 1.00 bits per heavy atom. The Morgan fingerprint density at radius 1 is 0.566 bits per heavy atom. The van der Waals surface area contributed by atoms with Gasteiger partial charge < -0.3 is 47.6 Å². The fourth-order valence-corrected chi connectivity index (χ4v) is 13.7. The summed E-state index contributed by atoms with van der Waals surface area (Å²) >= 11 is 27.2. The summed E-state index contributed by atoms with van der Waals surface area (Å²) < 4.78 is 46.6. The molecule has 11 aromatic rings. The number of aromatic amines is 1. The summed E-state index contributed by atoms with van der Waals surface area (Å²) in [4.78, 5) is 74.3. The van der Waals surface area contributed by atoms with E-state index in [1.165, 1.54) is 61.5 Å². The first kappa shape index (κ1) is 103. The minimum Gasteiger partial charge on any atom is -0.451 e. The van der Waals surface area contributed by atoms with Gasteiger partial charge in [-0.15, -0.1) is 108 Å². The largest absolute Gasteiger partial charge is 0.451 e. The second-order valence-corrected chi connectivity index (χ2v) is 36.4. The van der Waals surface area contributed by atoms with Gasteiger partial charge in [0.1, 0.15) is 29.7 Å². The van der Waals surface area contributed by atoms with E-state index in [0.717, 1.165) is 93.4 Å². The average Bonchev–Trinajstić information content (AvgIpc) is 1.74. The van der Waals surface area contributed by atoms with Crippen molar-refractivity contribution in [1.82, 2.24) is 29.7 Å². The first-order valence-corrected chi connectivity index (χ1v) is 46.2. The van der Waals surface area contributed by atoms with E-state index in [2.05, 4.69) is 88.9 Å². The number of aromatic nitrogens is 4. The number of hydrogen-bond donors (Lipinski definition) is 1. The Hall–Kier alpha value is -8.06. The molecule has 0 unspecified atom stereocenters. The van der Waals surface area contributed by atoms with Crippen LogP contribution in [0.25, 0.3) is 0 Å². The van der Waals surface area contributed by atoms with E-state index in [-0.39, 0.29) is 17.8 Å². The molecule has 0 radical (unpaired) electrons. The van der Waals surface area contributed by atoms with Crippen molar-refractivity contribution in [3.63, 3.8) is 0 Å². The zero-order chi connectivity index (χ0) is 84.8. The second-order valence-electron chi connectivity index (χ2n) is 22.2. The fraction of sp³-hybridized carbons (Fsp3) is 0.295.